The Kier molecular flexibility index (Phi) is 5.80. The summed E-state index contributed by atoms with van der Waals surface area (Å²) < 4.78 is 2.24. The molecule has 3 nitrogen and oxygen atoms in total. The lowest BCUT2D eigenvalue weighted by atomic mass is 10.1. The topological polar surface area (TPSA) is 29.9 Å². The van der Waals surface area contributed by atoms with E-state index in [2.05, 4.69) is 59.5 Å². The second-order valence-electron chi connectivity index (χ2n) is 5.12. The van der Waals surface area contributed by atoms with Gasteiger partial charge in [-0.1, -0.05) is 20.8 Å². The summed E-state index contributed by atoms with van der Waals surface area (Å²) in [6, 6.07) is 2.70. The van der Waals surface area contributed by atoms with Crippen LogP contribution in [0.25, 0.3) is 0 Å². The number of thiazole rings is 1. The van der Waals surface area contributed by atoms with Crippen molar-refractivity contribution in [3.8, 4) is 0 Å². The summed E-state index contributed by atoms with van der Waals surface area (Å²) >= 11 is 1.76. The van der Waals surface area contributed by atoms with Gasteiger partial charge in [0.2, 0.25) is 0 Å². The number of aromatic nitrogens is 2. The normalized spacial score (nSPS) is 12.8. The van der Waals surface area contributed by atoms with Crippen LogP contribution >= 0.6 is 11.3 Å². The Morgan fingerprint density at radius 3 is 2.85 bits per heavy atom. The Hall–Kier alpha value is -1.13. The largest absolute Gasteiger partial charge is 0.348 e. The molecule has 1 N–H and O–H groups in total. The molecule has 2 rings (SSSR count). The van der Waals surface area contributed by atoms with Gasteiger partial charge in [-0.15, -0.1) is 11.3 Å². The standard InChI is InChI=1S/C16H25N3S/c1-4-8-17-15(5-2)13-7-9-19(10-13)11-14-12-20-16(6-3)18-14/h7,9-10,12,15,17H,4-6,8,11H2,1-3H3. The van der Waals surface area contributed by atoms with E-state index in [1.807, 2.05) is 0 Å². The fraction of sp³-hybridized carbons (Fsp3) is 0.562. The monoisotopic (exact) mass is 291 g/mol. The third-order valence-corrected chi connectivity index (χ3v) is 4.51. The molecule has 20 heavy (non-hydrogen) atoms. The molecule has 2 aromatic heterocycles. The third kappa shape index (κ3) is 3.93. The van der Waals surface area contributed by atoms with Gasteiger partial charge in [0.25, 0.3) is 0 Å². The van der Waals surface area contributed by atoms with Gasteiger partial charge in [-0.25, -0.2) is 4.98 Å². The maximum Gasteiger partial charge on any atom is 0.0926 e. The minimum absolute atomic E-state index is 0.470. The van der Waals surface area contributed by atoms with Crippen LogP contribution < -0.4 is 5.32 Å². The third-order valence-electron chi connectivity index (χ3n) is 3.47. The zero-order chi connectivity index (χ0) is 14.4. The summed E-state index contributed by atoms with van der Waals surface area (Å²) in [4.78, 5) is 4.63. The van der Waals surface area contributed by atoms with Crippen LogP contribution in [0.2, 0.25) is 0 Å². The zero-order valence-corrected chi connectivity index (χ0v) is 13.5. The molecule has 0 saturated heterocycles. The Morgan fingerprint density at radius 1 is 1.35 bits per heavy atom. The summed E-state index contributed by atoms with van der Waals surface area (Å²) in [5.41, 5.74) is 2.55. The highest BCUT2D eigenvalue weighted by molar-refractivity contribution is 7.09. The maximum absolute atomic E-state index is 4.63. The van der Waals surface area contributed by atoms with Gasteiger partial charge in [-0.2, -0.15) is 0 Å². The minimum atomic E-state index is 0.470. The average Bonchev–Trinajstić information content (AvgIpc) is 3.10. The highest BCUT2D eigenvalue weighted by atomic mass is 32.1. The SMILES string of the molecule is CCCNC(CC)c1ccn(Cc2csc(CC)n2)c1. The number of hydrogen-bond acceptors (Lipinski definition) is 3. The summed E-state index contributed by atoms with van der Waals surface area (Å²) in [7, 11) is 0. The fourth-order valence-corrected chi connectivity index (χ4v) is 3.09. The van der Waals surface area contributed by atoms with Gasteiger partial charge in [-0.05, 0) is 37.4 Å². The number of aryl methyl sites for hydroxylation is 1. The van der Waals surface area contributed by atoms with Crippen molar-refractivity contribution in [1.29, 1.82) is 0 Å². The summed E-state index contributed by atoms with van der Waals surface area (Å²) in [6.07, 6.45) is 7.75. The van der Waals surface area contributed by atoms with Crippen molar-refractivity contribution in [3.05, 3.63) is 40.1 Å². The molecule has 0 radical (unpaired) electrons. The average molecular weight is 291 g/mol. The smallest absolute Gasteiger partial charge is 0.0926 e. The minimum Gasteiger partial charge on any atom is -0.348 e. The van der Waals surface area contributed by atoms with Gasteiger partial charge in [0.1, 0.15) is 0 Å². The molecular weight excluding hydrogens is 266 g/mol. The molecule has 110 valence electrons. The van der Waals surface area contributed by atoms with Crippen LogP contribution in [-0.4, -0.2) is 16.1 Å². The first kappa shape index (κ1) is 15.3. The molecule has 0 aliphatic rings. The van der Waals surface area contributed by atoms with Crippen LogP contribution in [-0.2, 0) is 13.0 Å². The van der Waals surface area contributed by atoms with Crippen molar-refractivity contribution in [2.75, 3.05) is 6.54 Å². The highest BCUT2D eigenvalue weighted by Crippen LogP contribution is 2.18. The van der Waals surface area contributed by atoms with E-state index in [-0.39, 0.29) is 0 Å². The van der Waals surface area contributed by atoms with E-state index in [0.29, 0.717) is 6.04 Å². The van der Waals surface area contributed by atoms with Gasteiger partial charge in [0, 0.05) is 23.8 Å². The van der Waals surface area contributed by atoms with E-state index in [1.165, 1.54) is 22.7 Å². The molecule has 0 spiro atoms. The predicted molar refractivity (Wildman–Crippen MR) is 86.4 cm³/mol. The summed E-state index contributed by atoms with van der Waals surface area (Å²) in [5.74, 6) is 0. The first-order chi connectivity index (χ1) is 9.76. The van der Waals surface area contributed by atoms with E-state index in [9.17, 15) is 0 Å². The van der Waals surface area contributed by atoms with Gasteiger partial charge in [0.15, 0.2) is 0 Å². The molecule has 0 saturated carbocycles. The van der Waals surface area contributed by atoms with Gasteiger partial charge in [0.05, 0.1) is 17.2 Å². The molecule has 0 aliphatic carbocycles. The summed E-state index contributed by atoms with van der Waals surface area (Å²) in [6.45, 7) is 8.55. The van der Waals surface area contributed by atoms with Crippen LogP contribution in [0.4, 0.5) is 0 Å². The fourth-order valence-electron chi connectivity index (χ4n) is 2.35. The second kappa shape index (κ2) is 7.60. The van der Waals surface area contributed by atoms with Gasteiger partial charge in [-0.3, -0.25) is 0 Å². The lowest BCUT2D eigenvalue weighted by Gasteiger charge is -2.14. The molecule has 1 atom stereocenters. The van der Waals surface area contributed by atoms with Crippen molar-refractivity contribution in [2.45, 2.75) is 52.6 Å². The van der Waals surface area contributed by atoms with E-state index in [0.717, 1.165) is 25.9 Å². The molecule has 0 aromatic carbocycles. The van der Waals surface area contributed by atoms with E-state index < -0.39 is 0 Å². The van der Waals surface area contributed by atoms with Crippen molar-refractivity contribution in [2.24, 2.45) is 0 Å². The molecule has 4 heteroatoms. The summed E-state index contributed by atoms with van der Waals surface area (Å²) in [5, 5.41) is 7.00. The van der Waals surface area contributed by atoms with E-state index in [1.54, 1.807) is 11.3 Å². The highest BCUT2D eigenvalue weighted by Gasteiger charge is 2.10. The van der Waals surface area contributed by atoms with Gasteiger partial charge < -0.3 is 9.88 Å². The molecule has 2 aromatic rings. The van der Waals surface area contributed by atoms with Crippen LogP contribution in [0.5, 0.6) is 0 Å². The van der Waals surface area contributed by atoms with Crippen molar-refractivity contribution < 1.29 is 0 Å². The molecule has 0 aliphatic heterocycles. The number of nitrogens with zero attached hydrogens (tertiary/aromatic N) is 2. The lowest BCUT2D eigenvalue weighted by molar-refractivity contribution is 0.517. The molecule has 0 fully saturated rings. The maximum atomic E-state index is 4.63. The lowest BCUT2D eigenvalue weighted by Crippen LogP contribution is -2.21. The van der Waals surface area contributed by atoms with E-state index >= 15 is 0 Å². The van der Waals surface area contributed by atoms with Crippen LogP contribution in [0.3, 0.4) is 0 Å². The Bertz CT molecular complexity index is 515. The zero-order valence-electron chi connectivity index (χ0n) is 12.7. The van der Waals surface area contributed by atoms with E-state index in [4.69, 9.17) is 0 Å². The van der Waals surface area contributed by atoms with Crippen molar-refractivity contribution in [1.82, 2.24) is 14.9 Å². The molecule has 0 bridgehead atoms. The van der Waals surface area contributed by atoms with Crippen molar-refractivity contribution >= 4 is 11.3 Å². The molecule has 2 heterocycles. The Balaban J connectivity index is 2.00. The predicted octanol–water partition coefficient (Wildman–Crippen LogP) is 4.01. The Labute approximate surface area is 126 Å². The molecule has 0 amide bonds. The number of hydrogen-bond donors (Lipinski definition) is 1. The quantitative estimate of drug-likeness (QED) is 0.796. The van der Waals surface area contributed by atoms with Crippen molar-refractivity contribution in [3.63, 3.8) is 0 Å². The van der Waals surface area contributed by atoms with Gasteiger partial charge >= 0.3 is 0 Å². The van der Waals surface area contributed by atoms with Crippen LogP contribution in [0.1, 0.15) is 55.9 Å². The number of nitrogens with one attached hydrogen (secondary N) is 1. The van der Waals surface area contributed by atoms with Crippen LogP contribution in [0.15, 0.2) is 23.8 Å². The molecule has 1 unspecified atom stereocenters. The number of rotatable bonds is 8. The Morgan fingerprint density at radius 2 is 2.20 bits per heavy atom. The molecular formula is C16H25N3S. The first-order valence-electron chi connectivity index (χ1n) is 7.59. The second-order valence-corrected chi connectivity index (χ2v) is 6.06. The van der Waals surface area contributed by atoms with Crippen LogP contribution in [0, 0.1) is 0 Å². The first-order valence-corrected chi connectivity index (χ1v) is 8.47.